The average molecular weight is 379 g/mol. The molecule has 1 atom stereocenters. The maximum absolute atomic E-state index is 12.5. The molecule has 1 heterocycles. The van der Waals surface area contributed by atoms with Gasteiger partial charge in [0.05, 0.1) is 11.1 Å². The van der Waals surface area contributed by atoms with Crippen LogP contribution in [-0.2, 0) is 14.3 Å². The number of esters is 1. The van der Waals surface area contributed by atoms with Crippen LogP contribution in [0.1, 0.15) is 27.1 Å². The molecule has 26 heavy (non-hydrogen) atoms. The molecule has 0 fully saturated rings. The second-order valence-corrected chi connectivity index (χ2v) is 6.33. The van der Waals surface area contributed by atoms with E-state index < -0.39 is 42.4 Å². The van der Waals surface area contributed by atoms with Crippen molar-refractivity contribution in [2.45, 2.75) is 12.5 Å². The van der Waals surface area contributed by atoms with Crippen LogP contribution in [0.25, 0.3) is 0 Å². The van der Waals surface area contributed by atoms with E-state index in [0.717, 1.165) is 4.90 Å². The zero-order valence-corrected chi connectivity index (χ0v) is 14.7. The van der Waals surface area contributed by atoms with Crippen LogP contribution in [0.4, 0.5) is 4.79 Å². The number of primary amides is 1. The molecule has 1 aromatic rings. The first-order valence-electron chi connectivity index (χ1n) is 7.58. The quantitative estimate of drug-likeness (QED) is 0.508. The molecule has 0 aromatic heterocycles. The zero-order chi connectivity index (χ0) is 19.3. The van der Waals surface area contributed by atoms with E-state index in [1.165, 1.54) is 23.9 Å². The molecule has 1 aliphatic rings. The molecule has 2 rings (SSSR count). The number of urea groups is 1. The molecule has 0 saturated carbocycles. The van der Waals surface area contributed by atoms with Crippen molar-refractivity contribution in [1.82, 2.24) is 10.2 Å². The van der Waals surface area contributed by atoms with E-state index >= 15 is 0 Å². The molecule has 3 N–H and O–H groups in total. The molecule has 0 saturated heterocycles. The highest BCUT2D eigenvalue weighted by atomic mass is 32.2. The molecule has 1 aliphatic heterocycles. The largest absolute Gasteiger partial charge is 0.454 e. The molecule has 0 spiro atoms. The van der Waals surface area contributed by atoms with Gasteiger partial charge in [-0.05, 0) is 30.6 Å². The fourth-order valence-electron chi connectivity index (χ4n) is 2.48. The summed E-state index contributed by atoms with van der Waals surface area (Å²) in [6.45, 7) is -0.749. The number of hydrogen-bond donors (Lipinski definition) is 2. The summed E-state index contributed by atoms with van der Waals surface area (Å²) >= 11 is 1.43. The van der Waals surface area contributed by atoms with Crippen molar-refractivity contribution in [3.05, 3.63) is 35.4 Å². The summed E-state index contributed by atoms with van der Waals surface area (Å²) in [5.74, 6) is -2.50. The van der Waals surface area contributed by atoms with Crippen LogP contribution in [0, 0.1) is 0 Å². The number of nitrogens with two attached hydrogens (primary N) is 1. The Balaban J connectivity index is 2.16. The number of rotatable bonds is 7. The van der Waals surface area contributed by atoms with Crippen LogP contribution in [-0.4, -0.2) is 59.3 Å². The lowest BCUT2D eigenvalue weighted by atomic mass is 10.1. The number of nitrogens with zero attached hydrogens (tertiary/aromatic N) is 1. The highest BCUT2D eigenvalue weighted by Gasteiger charge is 2.43. The molecule has 0 aliphatic carbocycles. The van der Waals surface area contributed by atoms with Gasteiger partial charge in [-0.15, -0.1) is 0 Å². The van der Waals surface area contributed by atoms with Gasteiger partial charge in [-0.25, -0.2) is 9.59 Å². The van der Waals surface area contributed by atoms with Gasteiger partial charge in [0.2, 0.25) is 0 Å². The topological polar surface area (TPSA) is 136 Å². The van der Waals surface area contributed by atoms with Crippen LogP contribution >= 0.6 is 11.8 Å². The van der Waals surface area contributed by atoms with Crippen LogP contribution in [0.15, 0.2) is 24.3 Å². The summed E-state index contributed by atoms with van der Waals surface area (Å²) in [6.07, 6.45) is 1.98. The Hall–Kier alpha value is -2.88. The fourth-order valence-corrected chi connectivity index (χ4v) is 2.94. The minimum absolute atomic E-state index is 0.170. The number of nitrogens with one attached hydrogen (secondary N) is 1. The van der Waals surface area contributed by atoms with E-state index in [1.54, 1.807) is 17.4 Å². The molecular formula is C16H17N3O6S. The summed E-state index contributed by atoms with van der Waals surface area (Å²) in [4.78, 5) is 60.3. The molecule has 0 radical (unpaired) electrons. The summed E-state index contributed by atoms with van der Waals surface area (Å²) in [6, 6.07) is 4.01. The predicted octanol–water partition coefficient (Wildman–Crippen LogP) is 0.142. The van der Waals surface area contributed by atoms with Crippen LogP contribution < -0.4 is 11.1 Å². The van der Waals surface area contributed by atoms with Crippen molar-refractivity contribution in [3.8, 4) is 0 Å². The van der Waals surface area contributed by atoms with Crippen LogP contribution in [0.3, 0.4) is 0 Å². The lowest BCUT2D eigenvalue weighted by Gasteiger charge is -2.24. The van der Waals surface area contributed by atoms with E-state index in [9.17, 15) is 24.0 Å². The Morgan fingerprint density at radius 2 is 1.77 bits per heavy atom. The van der Waals surface area contributed by atoms with Crippen molar-refractivity contribution < 1.29 is 28.7 Å². The molecule has 5 amide bonds. The van der Waals surface area contributed by atoms with Crippen molar-refractivity contribution in [2.24, 2.45) is 5.73 Å². The van der Waals surface area contributed by atoms with E-state index in [4.69, 9.17) is 10.5 Å². The fraction of sp³-hybridized carbons (Fsp3) is 0.312. The highest BCUT2D eigenvalue weighted by molar-refractivity contribution is 7.98. The number of amides is 5. The molecule has 0 unspecified atom stereocenters. The van der Waals surface area contributed by atoms with Gasteiger partial charge in [0.1, 0.15) is 6.04 Å². The Morgan fingerprint density at radius 1 is 1.19 bits per heavy atom. The zero-order valence-electron chi connectivity index (χ0n) is 13.9. The first-order chi connectivity index (χ1) is 12.4. The molecule has 0 bridgehead atoms. The van der Waals surface area contributed by atoms with Crippen molar-refractivity contribution in [3.63, 3.8) is 0 Å². The Morgan fingerprint density at radius 3 is 2.27 bits per heavy atom. The van der Waals surface area contributed by atoms with E-state index in [1.807, 2.05) is 6.26 Å². The predicted molar refractivity (Wildman–Crippen MR) is 92.4 cm³/mol. The number of imide groups is 2. The lowest BCUT2D eigenvalue weighted by molar-refractivity contribution is -0.152. The summed E-state index contributed by atoms with van der Waals surface area (Å²) < 4.78 is 4.86. The van der Waals surface area contributed by atoms with Crippen molar-refractivity contribution in [2.75, 3.05) is 18.6 Å². The monoisotopic (exact) mass is 379 g/mol. The number of carbonyl (C=O) groups excluding carboxylic acids is 5. The van der Waals surface area contributed by atoms with Gasteiger partial charge >= 0.3 is 12.0 Å². The van der Waals surface area contributed by atoms with Crippen molar-refractivity contribution >= 4 is 41.5 Å². The summed E-state index contributed by atoms with van der Waals surface area (Å²) in [5, 5.41) is 1.75. The molecule has 1 aromatic carbocycles. The number of carbonyl (C=O) groups is 5. The van der Waals surface area contributed by atoms with Gasteiger partial charge < -0.3 is 10.5 Å². The van der Waals surface area contributed by atoms with Crippen LogP contribution in [0.2, 0.25) is 0 Å². The smallest absolute Gasteiger partial charge is 0.329 e. The number of hydrogen-bond acceptors (Lipinski definition) is 7. The van der Waals surface area contributed by atoms with Gasteiger partial charge in [-0.3, -0.25) is 24.6 Å². The average Bonchev–Trinajstić information content (AvgIpc) is 2.85. The third kappa shape index (κ3) is 4.20. The lowest BCUT2D eigenvalue weighted by Crippen LogP contribution is -2.47. The second-order valence-electron chi connectivity index (χ2n) is 5.34. The maximum Gasteiger partial charge on any atom is 0.329 e. The van der Waals surface area contributed by atoms with Gasteiger partial charge in [0.15, 0.2) is 6.61 Å². The standard InChI is InChI=1S/C16H17N3O6S/c1-26-7-6-11(15(23)25-8-12(20)18-16(17)24)19-13(21)9-4-2-3-5-10(9)14(19)22/h2-5,11H,6-8H2,1H3,(H3,17,18,20,24)/t11-/m1/s1. The second kappa shape index (κ2) is 8.48. The molecule has 9 nitrogen and oxygen atoms in total. The first-order valence-corrected chi connectivity index (χ1v) is 8.98. The molecular weight excluding hydrogens is 362 g/mol. The molecule has 10 heteroatoms. The Labute approximate surface area is 153 Å². The maximum atomic E-state index is 12.5. The van der Waals surface area contributed by atoms with E-state index in [-0.39, 0.29) is 17.5 Å². The number of fused-ring (bicyclic) bond motifs is 1. The third-order valence-corrected chi connectivity index (χ3v) is 4.26. The minimum Gasteiger partial charge on any atom is -0.454 e. The summed E-state index contributed by atoms with van der Waals surface area (Å²) in [7, 11) is 0. The van der Waals surface area contributed by atoms with Gasteiger partial charge in [-0.2, -0.15) is 11.8 Å². The van der Waals surface area contributed by atoms with E-state index in [0.29, 0.717) is 5.75 Å². The number of benzene rings is 1. The Bertz CT molecular complexity index is 731. The minimum atomic E-state index is -1.17. The highest BCUT2D eigenvalue weighted by Crippen LogP contribution is 2.26. The van der Waals surface area contributed by atoms with Crippen LogP contribution in [0.5, 0.6) is 0 Å². The third-order valence-electron chi connectivity index (χ3n) is 3.61. The van der Waals surface area contributed by atoms with Gasteiger partial charge in [0, 0.05) is 0 Å². The number of ether oxygens (including phenoxy) is 1. The number of thioether (sulfide) groups is 1. The van der Waals surface area contributed by atoms with E-state index in [2.05, 4.69) is 0 Å². The van der Waals surface area contributed by atoms with Gasteiger partial charge in [0.25, 0.3) is 17.7 Å². The summed E-state index contributed by atoms with van der Waals surface area (Å²) in [5.41, 5.74) is 5.23. The normalized spacial score (nSPS) is 14.0. The first kappa shape index (κ1) is 19.4. The van der Waals surface area contributed by atoms with Crippen molar-refractivity contribution in [1.29, 1.82) is 0 Å². The molecule has 138 valence electrons. The Kier molecular flexibility index (Phi) is 6.34. The van der Waals surface area contributed by atoms with Gasteiger partial charge in [-0.1, -0.05) is 12.1 Å². The SMILES string of the molecule is CSCC[C@H](C(=O)OCC(=O)NC(N)=O)N1C(=O)c2ccccc2C1=O.